The number of ether oxygens (including phenoxy) is 1. The summed E-state index contributed by atoms with van der Waals surface area (Å²) in [6.07, 6.45) is 5.71. The molecule has 78 valence electrons. The maximum atomic E-state index is 5.74. The van der Waals surface area contributed by atoms with Gasteiger partial charge in [-0.2, -0.15) is 0 Å². The van der Waals surface area contributed by atoms with E-state index in [-0.39, 0.29) is 0 Å². The molecule has 2 N–H and O–H groups in total. The molecule has 13 heavy (non-hydrogen) atoms. The van der Waals surface area contributed by atoms with Gasteiger partial charge >= 0.3 is 0 Å². The van der Waals surface area contributed by atoms with Crippen LogP contribution in [0.25, 0.3) is 0 Å². The largest absolute Gasteiger partial charge is 0.378 e. The molecule has 0 aromatic rings. The molecule has 0 bridgehead atoms. The van der Waals surface area contributed by atoms with Gasteiger partial charge in [-0.25, -0.2) is 0 Å². The van der Waals surface area contributed by atoms with E-state index in [1.807, 2.05) is 0 Å². The van der Waals surface area contributed by atoms with Crippen LogP contribution in [0.15, 0.2) is 0 Å². The Bertz CT molecular complexity index is 136. The highest BCUT2D eigenvalue weighted by atomic mass is 16.5. The minimum Gasteiger partial charge on any atom is -0.378 e. The van der Waals surface area contributed by atoms with E-state index in [2.05, 4.69) is 13.8 Å². The molecule has 1 saturated carbocycles. The lowest BCUT2D eigenvalue weighted by molar-refractivity contribution is 0.0238. The average Bonchev–Trinajstić information content (AvgIpc) is 2.15. The second-order valence-corrected chi connectivity index (χ2v) is 4.42. The first-order valence-corrected chi connectivity index (χ1v) is 5.55. The van der Waals surface area contributed by atoms with Gasteiger partial charge in [-0.3, -0.25) is 0 Å². The van der Waals surface area contributed by atoms with Crippen molar-refractivity contribution in [1.29, 1.82) is 0 Å². The highest BCUT2D eigenvalue weighted by Gasteiger charge is 2.23. The summed E-state index contributed by atoms with van der Waals surface area (Å²) in [5.74, 6) is 1.44. The van der Waals surface area contributed by atoms with Crippen molar-refractivity contribution in [2.75, 3.05) is 13.2 Å². The van der Waals surface area contributed by atoms with Crippen LogP contribution in [-0.4, -0.2) is 19.3 Å². The van der Waals surface area contributed by atoms with Gasteiger partial charge in [0.2, 0.25) is 0 Å². The van der Waals surface area contributed by atoms with E-state index in [0.717, 1.165) is 19.1 Å². The normalized spacial score (nSPS) is 29.5. The fourth-order valence-corrected chi connectivity index (χ4v) is 2.13. The lowest BCUT2D eigenvalue weighted by Crippen LogP contribution is -2.30. The van der Waals surface area contributed by atoms with Gasteiger partial charge in [-0.1, -0.05) is 12.8 Å². The number of nitrogens with two attached hydrogens (primary N) is 1. The zero-order valence-electron chi connectivity index (χ0n) is 8.96. The van der Waals surface area contributed by atoms with Crippen LogP contribution in [0.2, 0.25) is 0 Å². The number of rotatable bonds is 4. The fraction of sp³-hybridized carbons (Fsp3) is 1.00. The van der Waals surface area contributed by atoms with Crippen LogP contribution in [0.3, 0.4) is 0 Å². The average molecular weight is 185 g/mol. The zero-order chi connectivity index (χ0) is 9.68. The van der Waals surface area contributed by atoms with Crippen molar-refractivity contribution in [2.24, 2.45) is 17.6 Å². The van der Waals surface area contributed by atoms with E-state index in [0.29, 0.717) is 12.0 Å². The second-order valence-electron chi connectivity index (χ2n) is 4.42. The fourth-order valence-electron chi connectivity index (χ4n) is 2.13. The molecule has 1 aliphatic carbocycles. The van der Waals surface area contributed by atoms with Crippen LogP contribution in [0.4, 0.5) is 0 Å². The Morgan fingerprint density at radius 1 is 1.23 bits per heavy atom. The third-order valence-corrected chi connectivity index (χ3v) is 3.01. The lowest BCUT2D eigenvalue weighted by atomic mass is 9.80. The Morgan fingerprint density at radius 3 is 2.38 bits per heavy atom. The van der Waals surface area contributed by atoms with E-state index in [1.165, 1.54) is 25.7 Å². The SMILES string of the molecule is CC(C)OCC1CCCCC1CN. The van der Waals surface area contributed by atoms with Crippen molar-refractivity contribution in [3.05, 3.63) is 0 Å². The Kier molecular flexibility index (Phi) is 4.74. The lowest BCUT2D eigenvalue weighted by Gasteiger charge is -2.30. The maximum absolute atomic E-state index is 5.74. The molecular weight excluding hydrogens is 162 g/mol. The summed E-state index contributed by atoms with van der Waals surface area (Å²) >= 11 is 0. The summed E-state index contributed by atoms with van der Waals surface area (Å²) in [6.45, 7) is 5.95. The summed E-state index contributed by atoms with van der Waals surface area (Å²) in [7, 11) is 0. The van der Waals surface area contributed by atoms with Gasteiger partial charge < -0.3 is 10.5 Å². The highest BCUT2D eigenvalue weighted by Crippen LogP contribution is 2.29. The van der Waals surface area contributed by atoms with Crippen molar-refractivity contribution >= 4 is 0 Å². The Labute approximate surface area is 81.8 Å². The van der Waals surface area contributed by atoms with E-state index >= 15 is 0 Å². The minimum atomic E-state index is 0.361. The maximum Gasteiger partial charge on any atom is 0.0519 e. The smallest absolute Gasteiger partial charge is 0.0519 e. The molecule has 2 atom stereocenters. The number of hydrogen-bond acceptors (Lipinski definition) is 2. The molecule has 1 rings (SSSR count). The van der Waals surface area contributed by atoms with Gasteiger partial charge in [0, 0.05) is 0 Å². The minimum absolute atomic E-state index is 0.361. The van der Waals surface area contributed by atoms with E-state index in [9.17, 15) is 0 Å². The molecule has 0 radical (unpaired) electrons. The van der Waals surface area contributed by atoms with E-state index < -0.39 is 0 Å². The predicted octanol–water partition coefficient (Wildman–Crippen LogP) is 2.18. The molecule has 2 heteroatoms. The third kappa shape index (κ3) is 3.65. The second kappa shape index (κ2) is 5.61. The summed E-state index contributed by atoms with van der Waals surface area (Å²) in [4.78, 5) is 0. The van der Waals surface area contributed by atoms with E-state index in [4.69, 9.17) is 10.5 Å². The quantitative estimate of drug-likeness (QED) is 0.728. The third-order valence-electron chi connectivity index (χ3n) is 3.01. The molecule has 0 aromatic carbocycles. The Balaban J connectivity index is 2.27. The molecular formula is C11H23NO. The summed E-state index contributed by atoms with van der Waals surface area (Å²) in [6, 6.07) is 0. The molecule has 0 aromatic heterocycles. The molecule has 1 aliphatic rings. The summed E-state index contributed by atoms with van der Waals surface area (Å²) in [5.41, 5.74) is 5.74. The monoisotopic (exact) mass is 185 g/mol. The number of hydrogen-bond donors (Lipinski definition) is 1. The van der Waals surface area contributed by atoms with Gasteiger partial charge in [-0.05, 0) is 45.1 Å². The van der Waals surface area contributed by atoms with Crippen LogP contribution in [0.5, 0.6) is 0 Å². The summed E-state index contributed by atoms with van der Waals surface area (Å²) < 4.78 is 5.66. The Hall–Kier alpha value is -0.0800. The molecule has 2 nitrogen and oxygen atoms in total. The van der Waals surface area contributed by atoms with Crippen molar-refractivity contribution in [3.63, 3.8) is 0 Å². The van der Waals surface area contributed by atoms with E-state index in [1.54, 1.807) is 0 Å². The van der Waals surface area contributed by atoms with Gasteiger partial charge in [0.15, 0.2) is 0 Å². The molecule has 0 spiro atoms. The van der Waals surface area contributed by atoms with Gasteiger partial charge in [-0.15, -0.1) is 0 Å². The Morgan fingerprint density at radius 2 is 1.85 bits per heavy atom. The predicted molar refractivity (Wildman–Crippen MR) is 55.6 cm³/mol. The topological polar surface area (TPSA) is 35.2 Å². The van der Waals surface area contributed by atoms with Gasteiger partial charge in [0.1, 0.15) is 0 Å². The van der Waals surface area contributed by atoms with Crippen molar-refractivity contribution in [3.8, 4) is 0 Å². The zero-order valence-corrected chi connectivity index (χ0v) is 8.96. The van der Waals surface area contributed by atoms with Gasteiger partial charge in [0.25, 0.3) is 0 Å². The standard InChI is InChI=1S/C11H23NO/c1-9(2)13-8-11-6-4-3-5-10(11)7-12/h9-11H,3-8,12H2,1-2H3. The molecule has 0 amide bonds. The highest BCUT2D eigenvalue weighted by molar-refractivity contribution is 4.75. The van der Waals surface area contributed by atoms with Crippen molar-refractivity contribution in [2.45, 2.75) is 45.6 Å². The van der Waals surface area contributed by atoms with Crippen LogP contribution in [0.1, 0.15) is 39.5 Å². The van der Waals surface area contributed by atoms with Gasteiger partial charge in [0.05, 0.1) is 12.7 Å². The molecule has 1 fully saturated rings. The first kappa shape index (κ1) is 11.0. The van der Waals surface area contributed by atoms with Crippen LogP contribution < -0.4 is 5.73 Å². The molecule has 2 unspecified atom stereocenters. The van der Waals surface area contributed by atoms with Crippen LogP contribution in [0, 0.1) is 11.8 Å². The molecule has 0 aliphatic heterocycles. The van der Waals surface area contributed by atoms with Crippen LogP contribution in [-0.2, 0) is 4.74 Å². The molecule has 0 heterocycles. The molecule has 0 saturated heterocycles. The summed E-state index contributed by atoms with van der Waals surface area (Å²) in [5, 5.41) is 0. The first-order chi connectivity index (χ1) is 6.24. The van der Waals surface area contributed by atoms with Crippen molar-refractivity contribution < 1.29 is 4.74 Å². The van der Waals surface area contributed by atoms with Crippen LogP contribution >= 0.6 is 0 Å². The van der Waals surface area contributed by atoms with Crippen molar-refractivity contribution in [1.82, 2.24) is 0 Å². The first-order valence-electron chi connectivity index (χ1n) is 5.55.